The predicted octanol–water partition coefficient (Wildman–Crippen LogP) is 2.57. The number of esters is 1. The summed E-state index contributed by atoms with van der Waals surface area (Å²) in [5, 5.41) is 3.53. The first-order valence-electron chi connectivity index (χ1n) is 6.23. The Kier molecular flexibility index (Phi) is 4.30. The zero-order chi connectivity index (χ0) is 13.1. The number of carbonyl (C=O) groups excluding carboxylic acids is 1. The minimum Gasteiger partial charge on any atom is -0.465 e. The van der Waals surface area contributed by atoms with Gasteiger partial charge in [-0.3, -0.25) is 10.1 Å². The maximum atomic E-state index is 11.7. The second-order valence-electron chi connectivity index (χ2n) is 4.54. The summed E-state index contributed by atoms with van der Waals surface area (Å²) in [6, 6.07) is 6.25. The molecular weight excluding hydrogens is 246 g/mol. The number of carbonyl (C=O) groups is 1. The number of ether oxygens (including phenoxy) is 1. The van der Waals surface area contributed by atoms with Gasteiger partial charge in [-0.2, -0.15) is 0 Å². The van der Waals surface area contributed by atoms with E-state index in [0.29, 0.717) is 6.61 Å². The summed E-state index contributed by atoms with van der Waals surface area (Å²) < 4.78 is 5.04. The zero-order valence-corrected chi connectivity index (χ0v) is 11.8. The van der Waals surface area contributed by atoms with Gasteiger partial charge in [-0.05, 0) is 31.9 Å². The molecule has 4 heteroatoms. The van der Waals surface area contributed by atoms with Gasteiger partial charge in [0, 0.05) is 5.75 Å². The van der Waals surface area contributed by atoms with Crippen LogP contribution in [-0.2, 0) is 9.53 Å². The van der Waals surface area contributed by atoms with E-state index in [4.69, 9.17) is 4.74 Å². The minimum absolute atomic E-state index is 0.141. The molecule has 18 heavy (non-hydrogen) atoms. The second-order valence-corrected chi connectivity index (χ2v) is 5.68. The molecule has 0 spiro atoms. The van der Waals surface area contributed by atoms with Gasteiger partial charge in [0.15, 0.2) is 0 Å². The Bertz CT molecular complexity index is 447. The van der Waals surface area contributed by atoms with Gasteiger partial charge in [0.05, 0.1) is 12.0 Å². The normalized spacial score (nSPS) is 23.1. The van der Waals surface area contributed by atoms with Gasteiger partial charge >= 0.3 is 5.97 Å². The van der Waals surface area contributed by atoms with Crippen molar-refractivity contribution in [1.82, 2.24) is 5.32 Å². The summed E-state index contributed by atoms with van der Waals surface area (Å²) in [4.78, 5) is 11.7. The largest absolute Gasteiger partial charge is 0.465 e. The van der Waals surface area contributed by atoms with Gasteiger partial charge in [0.25, 0.3) is 0 Å². The molecule has 1 aromatic rings. The molecule has 1 saturated heterocycles. The second kappa shape index (κ2) is 5.76. The number of thioether (sulfide) groups is 1. The first kappa shape index (κ1) is 13.4. The topological polar surface area (TPSA) is 38.3 Å². The molecule has 1 aliphatic rings. The molecule has 0 aromatic heterocycles. The van der Waals surface area contributed by atoms with Crippen molar-refractivity contribution in [2.75, 3.05) is 12.4 Å². The Morgan fingerprint density at radius 3 is 2.94 bits per heavy atom. The number of benzene rings is 1. The van der Waals surface area contributed by atoms with Gasteiger partial charge < -0.3 is 4.74 Å². The van der Waals surface area contributed by atoms with Gasteiger partial charge in [-0.1, -0.05) is 23.8 Å². The third-order valence-corrected chi connectivity index (χ3v) is 4.31. The lowest BCUT2D eigenvalue weighted by Crippen LogP contribution is -2.35. The molecule has 98 valence electrons. The van der Waals surface area contributed by atoms with Crippen LogP contribution in [0.25, 0.3) is 0 Å². The van der Waals surface area contributed by atoms with Gasteiger partial charge in [0.2, 0.25) is 0 Å². The Morgan fingerprint density at radius 1 is 1.50 bits per heavy atom. The van der Waals surface area contributed by atoms with E-state index in [1.807, 2.05) is 6.92 Å². The average molecular weight is 265 g/mol. The minimum atomic E-state index is -0.180. The standard InChI is InChI=1S/C14H19NO2S/c1-4-17-14(16)12-8-18-13(15-12)11-6-5-9(2)7-10(11)3/h5-7,12-13,15H,4,8H2,1-3H3. The molecule has 2 atom stereocenters. The Balaban J connectivity index is 2.06. The average Bonchev–Trinajstić information content (AvgIpc) is 2.78. The molecule has 0 amide bonds. The number of hydrogen-bond donors (Lipinski definition) is 1. The molecule has 1 fully saturated rings. The predicted molar refractivity (Wildman–Crippen MR) is 74.7 cm³/mol. The van der Waals surface area contributed by atoms with Crippen molar-refractivity contribution < 1.29 is 9.53 Å². The third kappa shape index (κ3) is 2.87. The maximum absolute atomic E-state index is 11.7. The highest BCUT2D eigenvalue weighted by Crippen LogP contribution is 2.34. The van der Waals surface area contributed by atoms with Gasteiger partial charge in [-0.25, -0.2) is 0 Å². The molecule has 2 unspecified atom stereocenters. The summed E-state index contributed by atoms with van der Waals surface area (Å²) >= 11 is 1.77. The first-order chi connectivity index (χ1) is 8.61. The van der Waals surface area contributed by atoms with Crippen LogP contribution in [0, 0.1) is 13.8 Å². The molecule has 0 aliphatic carbocycles. The van der Waals surface area contributed by atoms with Gasteiger partial charge in [0.1, 0.15) is 6.04 Å². The van der Waals surface area contributed by atoms with E-state index in [1.165, 1.54) is 16.7 Å². The lowest BCUT2D eigenvalue weighted by atomic mass is 10.1. The number of hydrogen-bond acceptors (Lipinski definition) is 4. The van der Waals surface area contributed by atoms with E-state index in [0.717, 1.165) is 5.75 Å². The van der Waals surface area contributed by atoms with Crippen LogP contribution >= 0.6 is 11.8 Å². The van der Waals surface area contributed by atoms with Crippen LogP contribution in [0.5, 0.6) is 0 Å². The van der Waals surface area contributed by atoms with E-state index in [9.17, 15) is 4.79 Å². The van der Waals surface area contributed by atoms with Crippen molar-refractivity contribution in [3.05, 3.63) is 34.9 Å². The highest BCUT2D eigenvalue weighted by Gasteiger charge is 2.31. The lowest BCUT2D eigenvalue weighted by molar-refractivity contribution is -0.144. The van der Waals surface area contributed by atoms with Gasteiger partial charge in [-0.15, -0.1) is 11.8 Å². The molecule has 0 saturated carbocycles. The monoisotopic (exact) mass is 265 g/mol. The smallest absolute Gasteiger partial charge is 0.324 e. The van der Waals surface area contributed by atoms with Crippen molar-refractivity contribution in [3.8, 4) is 0 Å². The molecule has 2 rings (SSSR count). The molecule has 0 bridgehead atoms. The van der Waals surface area contributed by atoms with Crippen molar-refractivity contribution in [2.24, 2.45) is 0 Å². The fourth-order valence-electron chi connectivity index (χ4n) is 2.15. The summed E-state index contributed by atoms with van der Waals surface area (Å²) in [6.45, 7) is 6.48. The summed E-state index contributed by atoms with van der Waals surface area (Å²) in [6.07, 6.45) is 0. The number of rotatable bonds is 3. The van der Waals surface area contributed by atoms with E-state index >= 15 is 0 Å². The lowest BCUT2D eigenvalue weighted by Gasteiger charge is -2.15. The zero-order valence-electron chi connectivity index (χ0n) is 11.0. The van der Waals surface area contributed by atoms with E-state index in [2.05, 4.69) is 37.4 Å². The first-order valence-corrected chi connectivity index (χ1v) is 7.28. The molecule has 1 heterocycles. The van der Waals surface area contributed by atoms with Crippen LogP contribution in [0.4, 0.5) is 0 Å². The number of nitrogens with one attached hydrogen (secondary N) is 1. The van der Waals surface area contributed by atoms with Crippen molar-refractivity contribution in [3.63, 3.8) is 0 Å². The molecule has 1 aliphatic heterocycles. The van der Waals surface area contributed by atoms with Crippen molar-refractivity contribution >= 4 is 17.7 Å². The summed E-state index contributed by atoms with van der Waals surface area (Å²) in [5.74, 6) is 0.633. The van der Waals surface area contributed by atoms with Crippen LogP contribution in [0.2, 0.25) is 0 Å². The highest BCUT2D eigenvalue weighted by molar-refractivity contribution is 7.99. The van der Waals surface area contributed by atoms with E-state index < -0.39 is 0 Å². The van der Waals surface area contributed by atoms with E-state index in [-0.39, 0.29) is 17.4 Å². The fourth-order valence-corrected chi connectivity index (χ4v) is 3.47. The Labute approximate surface area is 112 Å². The SMILES string of the molecule is CCOC(=O)C1CSC(c2ccc(C)cc2C)N1. The molecule has 3 nitrogen and oxygen atoms in total. The van der Waals surface area contributed by atoms with Crippen molar-refractivity contribution in [2.45, 2.75) is 32.2 Å². The Morgan fingerprint density at radius 2 is 2.28 bits per heavy atom. The molecule has 1 N–H and O–H groups in total. The van der Waals surface area contributed by atoms with Crippen LogP contribution < -0.4 is 5.32 Å². The molecule has 1 aromatic carbocycles. The summed E-state index contributed by atoms with van der Waals surface area (Å²) in [7, 11) is 0. The van der Waals surface area contributed by atoms with Crippen LogP contribution in [-0.4, -0.2) is 24.4 Å². The van der Waals surface area contributed by atoms with Crippen LogP contribution in [0.3, 0.4) is 0 Å². The van der Waals surface area contributed by atoms with Crippen LogP contribution in [0.15, 0.2) is 18.2 Å². The molecule has 0 radical (unpaired) electrons. The van der Waals surface area contributed by atoms with Crippen molar-refractivity contribution in [1.29, 1.82) is 0 Å². The third-order valence-electron chi connectivity index (χ3n) is 3.06. The Hall–Kier alpha value is -1.00. The fraction of sp³-hybridized carbons (Fsp3) is 0.500. The number of aryl methyl sites for hydroxylation is 2. The quantitative estimate of drug-likeness (QED) is 0.853. The van der Waals surface area contributed by atoms with E-state index in [1.54, 1.807) is 11.8 Å². The molecular formula is C14H19NO2S. The maximum Gasteiger partial charge on any atom is 0.324 e. The van der Waals surface area contributed by atoms with Crippen LogP contribution in [0.1, 0.15) is 29.0 Å². The highest BCUT2D eigenvalue weighted by atomic mass is 32.2. The summed E-state index contributed by atoms with van der Waals surface area (Å²) in [5.41, 5.74) is 3.79.